The smallest absolute Gasteiger partial charge is 0.184 e. The maximum Gasteiger partial charge on any atom is 0.184 e. The molecule has 0 fully saturated rings. The van der Waals surface area contributed by atoms with E-state index in [9.17, 15) is 0 Å². The van der Waals surface area contributed by atoms with E-state index in [4.69, 9.17) is 0 Å². The molecule has 0 heterocycles. The lowest BCUT2D eigenvalue weighted by Crippen LogP contribution is -2.17. The van der Waals surface area contributed by atoms with E-state index < -0.39 is 0 Å². The average molecular weight is 163 g/mol. The van der Waals surface area contributed by atoms with Crippen LogP contribution < -0.4 is 0 Å². The number of nitrogens with zero attached hydrogens (tertiary/aromatic N) is 2. The highest BCUT2D eigenvalue weighted by Gasteiger charge is 2.14. The van der Waals surface area contributed by atoms with Gasteiger partial charge in [-0.3, -0.25) is 9.98 Å². The zero-order valence-electron chi connectivity index (χ0n) is 8.33. The van der Waals surface area contributed by atoms with Crippen molar-refractivity contribution >= 4 is 19.2 Å². The summed E-state index contributed by atoms with van der Waals surface area (Å²) >= 11 is 0. The summed E-state index contributed by atoms with van der Waals surface area (Å²) in [5, 5.41) is 0.134. The predicted octanol–water partition coefficient (Wildman–Crippen LogP) is 2.15. The molecule has 0 N–H and O–H groups in total. The molecule has 3 heteroatoms. The second kappa shape index (κ2) is 4.91. The highest BCUT2D eigenvalue weighted by Crippen LogP contribution is 2.20. The Bertz CT molecular complexity index is 199. The molecule has 0 aromatic heterocycles. The Labute approximate surface area is 75.7 Å². The Balaban J connectivity index is 4.28. The molecule has 0 saturated carbocycles. The van der Waals surface area contributed by atoms with E-state index in [-0.39, 0.29) is 5.31 Å². The molecule has 12 heavy (non-hydrogen) atoms. The lowest BCUT2D eigenvalue weighted by Gasteiger charge is -2.15. The van der Waals surface area contributed by atoms with E-state index in [0.717, 1.165) is 5.61 Å². The zero-order chi connectivity index (χ0) is 9.61. The standard InChI is InChI=1S/C9H16BN2/c1-6-8(12-7-11-5)10-9(2,3)4/h6-7H,1H2,2-5H3. The van der Waals surface area contributed by atoms with Gasteiger partial charge in [0.1, 0.15) is 6.34 Å². The van der Waals surface area contributed by atoms with Crippen LogP contribution in [-0.2, 0) is 0 Å². The van der Waals surface area contributed by atoms with Gasteiger partial charge in [-0.25, -0.2) is 0 Å². The summed E-state index contributed by atoms with van der Waals surface area (Å²) in [7, 11) is 3.75. The second-order valence-electron chi connectivity index (χ2n) is 3.64. The minimum Gasteiger partial charge on any atom is -0.277 e. The normalized spacial score (nSPS) is 13.5. The van der Waals surface area contributed by atoms with Crippen LogP contribution in [0.2, 0.25) is 5.31 Å². The lowest BCUT2D eigenvalue weighted by atomic mass is 9.52. The summed E-state index contributed by atoms with van der Waals surface area (Å²) in [6, 6.07) is 0. The van der Waals surface area contributed by atoms with Gasteiger partial charge >= 0.3 is 0 Å². The third-order valence-electron chi connectivity index (χ3n) is 1.11. The van der Waals surface area contributed by atoms with Crippen LogP contribution in [-0.4, -0.2) is 26.3 Å². The van der Waals surface area contributed by atoms with E-state index in [2.05, 4.69) is 44.6 Å². The Morgan fingerprint density at radius 1 is 1.42 bits per heavy atom. The van der Waals surface area contributed by atoms with Gasteiger partial charge in [0, 0.05) is 7.05 Å². The van der Waals surface area contributed by atoms with Gasteiger partial charge in [0.2, 0.25) is 0 Å². The van der Waals surface area contributed by atoms with Crippen LogP contribution in [0, 0.1) is 0 Å². The summed E-state index contributed by atoms with van der Waals surface area (Å²) < 4.78 is 0. The third kappa shape index (κ3) is 5.89. The Hall–Kier alpha value is -0.855. The molecule has 2 nitrogen and oxygen atoms in total. The fourth-order valence-electron chi connectivity index (χ4n) is 0.717. The number of allylic oxidation sites excluding steroid dienone is 1. The molecule has 0 amide bonds. The number of hydrogen-bond donors (Lipinski definition) is 0. The summed E-state index contributed by atoms with van der Waals surface area (Å²) in [5.74, 6) is 0. The van der Waals surface area contributed by atoms with Crippen molar-refractivity contribution in [1.29, 1.82) is 0 Å². The van der Waals surface area contributed by atoms with Crippen molar-refractivity contribution in [1.82, 2.24) is 0 Å². The number of rotatable bonds is 3. The van der Waals surface area contributed by atoms with Crippen LogP contribution >= 0.6 is 0 Å². The molecule has 65 valence electrons. The SMILES string of the molecule is C=CC([B]C(C)(C)C)=NC=NC. The van der Waals surface area contributed by atoms with Crippen LogP contribution in [0.25, 0.3) is 0 Å². The predicted molar refractivity (Wildman–Crippen MR) is 57.5 cm³/mol. The van der Waals surface area contributed by atoms with Crippen LogP contribution in [0.5, 0.6) is 0 Å². The molecule has 0 aliphatic rings. The van der Waals surface area contributed by atoms with Crippen LogP contribution in [0.1, 0.15) is 20.8 Å². The van der Waals surface area contributed by atoms with Crippen LogP contribution in [0.15, 0.2) is 22.6 Å². The van der Waals surface area contributed by atoms with Gasteiger partial charge in [0.05, 0.1) is 0 Å². The van der Waals surface area contributed by atoms with Crippen LogP contribution in [0.4, 0.5) is 0 Å². The van der Waals surface area contributed by atoms with Gasteiger partial charge < -0.3 is 0 Å². The molecule has 0 unspecified atom stereocenters. The van der Waals surface area contributed by atoms with Crippen molar-refractivity contribution in [2.24, 2.45) is 9.98 Å². The molecule has 0 aliphatic heterocycles. The second-order valence-corrected chi connectivity index (χ2v) is 3.64. The molecule has 0 bridgehead atoms. The fraction of sp³-hybridized carbons (Fsp3) is 0.556. The summed E-state index contributed by atoms with van der Waals surface area (Å²) in [4.78, 5) is 7.87. The molecule has 1 radical (unpaired) electrons. The monoisotopic (exact) mass is 163 g/mol. The fourth-order valence-corrected chi connectivity index (χ4v) is 0.717. The highest BCUT2D eigenvalue weighted by molar-refractivity contribution is 6.80. The van der Waals surface area contributed by atoms with Gasteiger partial charge in [-0.1, -0.05) is 38.7 Å². The third-order valence-corrected chi connectivity index (χ3v) is 1.11. The van der Waals surface area contributed by atoms with E-state index in [1.165, 1.54) is 6.34 Å². The number of hydrogen-bond acceptors (Lipinski definition) is 1. The van der Waals surface area contributed by atoms with Gasteiger partial charge in [-0.15, -0.1) is 0 Å². The Kier molecular flexibility index (Phi) is 4.56. The highest BCUT2D eigenvalue weighted by atomic mass is 14.8. The quantitative estimate of drug-likeness (QED) is 0.346. The number of aliphatic imine (C=N–C) groups is 2. The molecule has 0 aromatic carbocycles. The first-order valence-electron chi connectivity index (χ1n) is 3.96. The first-order valence-corrected chi connectivity index (χ1v) is 3.96. The summed E-state index contributed by atoms with van der Waals surface area (Å²) in [6.45, 7) is 10.0. The van der Waals surface area contributed by atoms with Crippen molar-refractivity contribution < 1.29 is 0 Å². The maximum atomic E-state index is 4.10. The molecular formula is C9H16BN2. The Morgan fingerprint density at radius 2 is 2.00 bits per heavy atom. The molecule has 0 atom stereocenters. The van der Waals surface area contributed by atoms with E-state index in [1.54, 1.807) is 13.1 Å². The van der Waals surface area contributed by atoms with Crippen LogP contribution in [0.3, 0.4) is 0 Å². The van der Waals surface area contributed by atoms with Gasteiger partial charge in [0.25, 0.3) is 0 Å². The lowest BCUT2D eigenvalue weighted by molar-refractivity contribution is 0.761. The van der Waals surface area contributed by atoms with E-state index in [0.29, 0.717) is 0 Å². The minimum atomic E-state index is 0.134. The molecule has 0 saturated heterocycles. The van der Waals surface area contributed by atoms with Crippen molar-refractivity contribution in [3.63, 3.8) is 0 Å². The van der Waals surface area contributed by atoms with Crippen molar-refractivity contribution in [3.05, 3.63) is 12.7 Å². The van der Waals surface area contributed by atoms with Gasteiger partial charge in [-0.05, 0) is 5.61 Å². The Morgan fingerprint density at radius 3 is 2.33 bits per heavy atom. The first-order chi connectivity index (χ1) is 5.49. The summed E-state index contributed by atoms with van der Waals surface area (Å²) in [5.41, 5.74) is 0.869. The zero-order valence-corrected chi connectivity index (χ0v) is 8.33. The first kappa shape index (κ1) is 11.1. The maximum absolute atomic E-state index is 4.10. The van der Waals surface area contributed by atoms with Gasteiger partial charge in [-0.2, -0.15) is 0 Å². The largest absolute Gasteiger partial charge is 0.277 e. The molecule has 0 rings (SSSR count). The van der Waals surface area contributed by atoms with Crippen molar-refractivity contribution in [2.75, 3.05) is 7.05 Å². The van der Waals surface area contributed by atoms with Crippen molar-refractivity contribution in [3.8, 4) is 0 Å². The van der Waals surface area contributed by atoms with E-state index >= 15 is 0 Å². The topological polar surface area (TPSA) is 24.7 Å². The van der Waals surface area contributed by atoms with E-state index in [1.807, 2.05) is 0 Å². The molecule has 0 spiro atoms. The van der Waals surface area contributed by atoms with Gasteiger partial charge in [0.15, 0.2) is 7.28 Å². The van der Waals surface area contributed by atoms with Crippen molar-refractivity contribution in [2.45, 2.75) is 26.1 Å². The minimum absolute atomic E-state index is 0.134. The molecule has 0 aliphatic carbocycles. The molecular weight excluding hydrogens is 147 g/mol. The molecule has 0 aromatic rings. The summed E-state index contributed by atoms with van der Waals surface area (Å²) in [6.07, 6.45) is 3.26. The average Bonchev–Trinajstić information content (AvgIpc) is 1.95.